The summed E-state index contributed by atoms with van der Waals surface area (Å²) in [6, 6.07) is 0. The topological polar surface area (TPSA) is 46.5 Å². The van der Waals surface area contributed by atoms with Gasteiger partial charge in [-0.3, -0.25) is 4.79 Å². The maximum atomic E-state index is 10.8. The van der Waals surface area contributed by atoms with Crippen molar-refractivity contribution in [3.8, 4) is 0 Å². The van der Waals surface area contributed by atoms with Crippen LogP contribution in [0.4, 0.5) is 0 Å². The van der Waals surface area contributed by atoms with E-state index in [0.717, 1.165) is 19.3 Å². The van der Waals surface area contributed by atoms with Crippen LogP contribution in [-0.2, 0) is 9.53 Å². The van der Waals surface area contributed by atoms with Gasteiger partial charge in [-0.25, -0.2) is 0 Å². The summed E-state index contributed by atoms with van der Waals surface area (Å²) in [7, 11) is 0. The first kappa shape index (κ1) is 9.00. The lowest BCUT2D eigenvalue weighted by atomic mass is 9.85. The minimum atomic E-state index is -0.644. The smallest absolute Gasteiger partial charge is 0.306 e. The van der Waals surface area contributed by atoms with E-state index in [1.54, 1.807) is 0 Å². The normalized spacial score (nSPS) is 32.2. The molecule has 2 fully saturated rings. The number of hydrogen-bond donors (Lipinski definition) is 1. The molecular weight excluding hydrogens is 168 g/mol. The molecule has 2 rings (SSSR count). The standard InChI is InChI=1S/C10H16O3/c11-9(12)8-3-6-13-10(7-8)4-1-2-5-10/h8H,1-7H2,(H,11,12)/t8-/m0/s1. The molecule has 1 atom stereocenters. The summed E-state index contributed by atoms with van der Waals surface area (Å²) in [5.74, 6) is -0.804. The molecule has 1 aliphatic heterocycles. The summed E-state index contributed by atoms with van der Waals surface area (Å²) in [5, 5.41) is 8.93. The average Bonchev–Trinajstić information content (AvgIpc) is 2.53. The van der Waals surface area contributed by atoms with Crippen LogP contribution in [0, 0.1) is 5.92 Å². The third-order valence-electron chi connectivity index (χ3n) is 3.36. The van der Waals surface area contributed by atoms with Gasteiger partial charge < -0.3 is 9.84 Å². The lowest BCUT2D eigenvalue weighted by Gasteiger charge is -2.36. The number of hydrogen-bond acceptors (Lipinski definition) is 2. The Labute approximate surface area is 78.1 Å². The van der Waals surface area contributed by atoms with Crippen molar-refractivity contribution in [2.24, 2.45) is 5.92 Å². The molecule has 13 heavy (non-hydrogen) atoms. The van der Waals surface area contributed by atoms with Gasteiger partial charge in [0.1, 0.15) is 0 Å². The van der Waals surface area contributed by atoms with Gasteiger partial charge in [0.25, 0.3) is 0 Å². The summed E-state index contributed by atoms with van der Waals surface area (Å²) >= 11 is 0. The highest BCUT2D eigenvalue weighted by molar-refractivity contribution is 5.70. The van der Waals surface area contributed by atoms with E-state index in [-0.39, 0.29) is 11.5 Å². The molecule has 3 heteroatoms. The van der Waals surface area contributed by atoms with Crippen molar-refractivity contribution in [1.82, 2.24) is 0 Å². The van der Waals surface area contributed by atoms with Crippen LogP contribution in [-0.4, -0.2) is 23.3 Å². The zero-order chi connectivity index (χ0) is 9.31. The summed E-state index contributed by atoms with van der Waals surface area (Å²) in [5.41, 5.74) is -0.0543. The van der Waals surface area contributed by atoms with E-state index < -0.39 is 5.97 Å². The van der Waals surface area contributed by atoms with E-state index >= 15 is 0 Å². The number of rotatable bonds is 1. The Balaban J connectivity index is 2.02. The van der Waals surface area contributed by atoms with Crippen LogP contribution >= 0.6 is 0 Å². The van der Waals surface area contributed by atoms with Crippen molar-refractivity contribution < 1.29 is 14.6 Å². The van der Waals surface area contributed by atoms with Gasteiger partial charge in [0, 0.05) is 6.61 Å². The third kappa shape index (κ3) is 1.70. The summed E-state index contributed by atoms with van der Waals surface area (Å²) < 4.78 is 5.74. The van der Waals surface area contributed by atoms with Crippen molar-refractivity contribution >= 4 is 5.97 Å². The van der Waals surface area contributed by atoms with Gasteiger partial charge >= 0.3 is 5.97 Å². The van der Waals surface area contributed by atoms with Crippen molar-refractivity contribution in [3.63, 3.8) is 0 Å². The maximum absolute atomic E-state index is 10.8. The Bertz CT molecular complexity index is 206. The first-order valence-electron chi connectivity index (χ1n) is 5.09. The van der Waals surface area contributed by atoms with Crippen LogP contribution in [0.1, 0.15) is 38.5 Å². The van der Waals surface area contributed by atoms with Crippen LogP contribution in [0.5, 0.6) is 0 Å². The second-order valence-electron chi connectivity index (χ2n) is 4.27. The second-order valence-corrected chi connectivity index (χ2v) is 4.27. The largest absolute Gasteiger partial charge is 0.481 e. The van der Waals surface area contributed by atoms with Crippen LogP contribution in [0.3, 0.4) is 0 Å². The summed E-state index contributed by atoms with van der Waals surface area (Å²) in [6.07, 6.45) is 5.96. The Morgan fingerprint density at radius 1 is 1.38 bits per heavy atom. The maximum Gasteiger partial charge on any atom is 0.306 e. The predicted octanol–water partition coefficient (Wildman–Crippen LogP) is 1.81. The van der Waals surface area contributed by atoms with Crippen LogP contribution in [0.15, 0.2) is 0 Å². The SMILES string of the molecule is O=C(O)[C@H]1CCOC2(CCCC2)C1. The van der Waals surface area contributed by atoms with Crippen LogP contribution in [0.2, 0.25) is 0 Å². The zero-order valence-corrected chi connectivity index (χ0v) is 7.79. The number of carbonyl (C=O) groups is 1. The Hall–Kier alpha value is -0.570. The molecule has 1 saturated heterocycles. The molecule has 0 aromatic rings. The Kier molecular flexibility index (Phi) is 2.28. The van der Waals surface area contributed by atoms with Crippen molar-refractivity contribution in [1.29, 1.82) is 0 Å². The number of carboxylic acid groups (broad SMARTS) is 1. The van der Waals surface area contributed by atoms with Gasteiger partial charge in [-0.15, -0.1) is 0 Å². The molecule has 1 aliphatic carbocycles. The summed E-state index contributed by atoms with van der Waals surface area (Å²) in [4.78, 5) is 10.8. The van der Waals surface area contributed by atoms with Crippen LogP contribution < -0.4 is 0 Å². The quantitative estimate of drug-likeness (QED) is 0.676. The fourth-order valence-corrected chi connectivity index (χ4v) is 2.61. The Morgan fingerprint density at radius 2 is 2.08 bits per heavy atom. The van der Waals surface area contributed by atoms with Gasteiger partial charge in [0.2, 0.25) is 0 Å². The molecule has 0 aromatic carbocycles. The molecule has 0 radical (unpaired) electrons. The first-order chi connectivity index (χ1) is 6.22. The molecule has 0 aromatic heterocycles. The van der Waals surface area contributed by atoms with Gasteiger partial charge in [-0.05, 0) is 25.7 Å². The molecule has 74 valence electrons. The lowest BCUT2D eigenvalue weighted by Crippen LogP contribution is -2.39. The fourth-order valence-electron chi connectivity index (χ4n) is 2.61. The van der Waals surface area contributed by atoms with E-state index in [0.29, 0.717) is 13.0 Å². The second kappa shape index (κ2) is 3.29. The average molecular weight is 184 g/mol. The molecule has 0 unspecified atom stereocenters. The first-order valence-corrected chi connectivity index (χ1v) is 5.09. The molecule has 1 heterocycles. The lowest BCUT2D eigenvalue weighted by molar-refractivity contribution is -0.154. The number of ether oxygens (including phenoxy) is 1. The molecule has 2 aliphatic rings. The molecule has 1 N–H and O–H groups in total. The van der Waals surface area contributed by atoms with E-state index in [1.807, 2.05) is 0 Å². The highest BCUT2D eigenvalue weighted by Gasteiger charge is 2.41. The van der Waals surface area contributed by atoms with Crippen molar-refractivity contribution in [2.75, 3.05) is 6.61 Å². The summed E-state index contributed by atoms with van der Waals surface area (Å²) in [6.45, 7) is 0.636. The van der Waals surface area contributed by atoms with Gasteiger partial charge in [0.15, 0.2) is 0 Å². The van der Waals surface area contributed by atoms with E-state index in [2.05, 4.69) is 0 Å². The van der Waals surface area contributed by atoms with Gasteiger partial charge in [-0.1, -0.05) is 12.8 Å². The fraction of sp³-hybridized carbons (Fsp3) is 0.900. The number of aliphatic carboxylic acids is 1. The predicted molar refractivity (Wildman–Crippen MR) is 47.5 cm³/mol. The van der Waals surface area contributed by atoms with Crippen molar-refractivity contribution in [2.45, 2.75) is 44.1 Å². The molecule has 1 spiro atoms. The van der Waals surface area contributed by atoms with E-state index in [9.17, 15) is 4.79 Å². The zero-order valence-electron chi connectivity index (χ0n) is 7.79. The third-order valence-corrected chi connectivity index (χ3v) is 3.36. The molecule has 0 bridgehead atoms. The van der Waals surface area contributed by atoms with Crippen LogP contribution in [0.25, 0.3) is 0 Å². The van der Waals surface area contributed by atoms with Gasteiger partial charge in [-0.2, -0.15) is 0 Å². The highest BCUT2D eigenvalue weighted by Crippen LogP contribution is 2.41. The van der Waals surface area contributed by atoms with E-state index in [1.165, 1.54) is 12.8 Å². The Morgan fingerprint density at radius 3 is 2.69 bits per heavy atom. The van der Waals surface area contributed by atoms with E-state index in [4.69, 9.17) is 9.84 Å². The van der Waals surface area contributed by atoms with Gasteiger partial charge in [0.05, 0.1) is 11.5 Å². The highest BCUT2D eigenvalue weighted by atomic mass is 16.5. The van der Waals surface area contributed by atoms with Crippen molar-refractivity contribution in [3.05, 3.63) is 0 Å². The molecule has 1 saturated carbocycles. The molecule has 0 amide bonds. The monoisotopic (exact) mass is 184 g/mol. The number of carboxylic acids is 1. The molecular formula is C10H16O3. The minimum absolute atomic E-state index is 0.0543. The molecule has 3 nitrogen and oxygen atoms in total. The minimum Gasteiger partial charge on any atom is -0.481 e.